The summed E-state index contributed by atoms with van der Waals surface area (Å²) >= 11 is 0. The number of nitrogens with zero attached hydrogens (tertiary/aromatic N) is 2. The van der Waals surface area contributed by atoms with Gasteiger partial charge in [0.05, 0.1) is 0 Å². The maximum Gasteiger partial charge on any atom is 0.161 e. The van der Waals surface area contributed by atoms with Crippen LogP contribution in [0.2, 0.25) is 0 Å². The van der Waals surface area contributed by atoms with Gasteiger partial charge in [-0.25, -0.2) is 0 Å². The molecule has 2 aromatic rings. The number of aliphatic hydroxyl groups excluding tert-OH is 1. The number of para-hydroxylation sites is 2. The van der Waals surface area contributed by atoms with Crippen LogP contribution in [0.5, 0.6) is 11.5 Å². The standard InChI is InChI=1S/C24H32N2O3/c1-17-7-6-8-18(2)24(17)19(3)26-13-11-25(12-14-26)15-20(27)23-16-28-21-9-4-5-10-22(21)29-23/h4-10,19-20,23,27H,11-16H2,1-3H3. The van der Waals surface area contributed by atoms with Crippen molar-refractivity contribution >= 4 is 0 Å². The molecular weight excluding hydrogens is 364 g/mol. The number of rotatable bonds is 5. The van der Waals surface area contributed by atoms with Crippen LogP contribution in [0.1, 0.15) is 29.7 Å². The molecule has 0 amide bonds. The average molecular weight is 397 g/mol. The van der Waals surface area contributed by atoms with Crippen LogP contribution >= 0.6 is 0 Å². The van der Waals surface area contributed by atoms with Gasteiger partial charge in [0.1, 0.15) is 12.7 Å². The van der Waals surface area contributed by atoms with Crippen LogP contribution in [-0.2, 0) is 0 Å². The van der Waals surface area contributed by atoms with Gasteiger partial charge in [-0.2, -0.15) is 0 Å². The number of ether oxygens (including phenoxy) is 2. The second-order valence-corrected chi connectivity index (χ2v) is 8.30. The number of aryl methyl sites for hydroxylation is 2. The Kier molecular flexibility index (Phi) is 6.09. The molecule has 0 spiro atoms. The normalized spacial score (nSPS) is 22.3. The minimum Gasteiger partial charge on any atom is -0.486 e. The fourth-order valence-corrected chi connectivity index (χ4v) is 4.61. The fraction of sp³-hybridized carbons (Fsp3) is 0.500. The van der Waals surface area contributed by atoms with E-state index in [1.54, 1.807) is 0 Å². The highest BCUT2D eigenvalue weighted by atomic mass is 16.6. The molecule has 5 nitrogen and oxygen atoms in total. The molecule has 1 saturated heterocycles. The molecule has 0 aromatic heterocycles. The van der Waals surface area contributed by atoms with E-state index in [9.17, 15) is 5.11 Å². The Morgan fingerprint density at radius 3 is 2.31 bits per heavy atom. The Labute approximate surface area is 173 Å². The van der Waals surface area contributed by atoms with E-state index in [2.05, 4.69) is 48.8 Å². The summed E-state index contributed by atoms with van der Waals surface area (Å²) < 4.78 is 11.7. The van der Waals surface area contributed by atoms with Crippen molar-refractivity contribution in [1.29, 1.82) is 0 Å². The molecule has 2 aliphatic heterocycles. The number of β-amino-alcohol motifs (C(OH)–C–C–N with tert-alkyl or cyclic N) is 1. The average Bonchev–Trinajstić information content (AvgIpc) is 2.73. The molecule has 156 valence electrons. The van der Waals surface area contributed by atoms with Crippen LogP contribution in [-0.4, -0.2) is 66.4 Å². The lowest BCUT2D eigenvalue weighted by Crippen LogP contribution is -2.52. The highest BCUT2D eigenvalue weighted by Crippen LogP contribution is 2.32. The van der Waals surface area contributed by atoms with E-state index in [1.807, 2.05) is 24.3 Å². The Bertz CT molecular complexity index is 812. The molecule has 0 aliphatic carbocycles. The highest BCUT2D eigenvalue weighted by molar-refractivity contribution is 5.40. The van der Waals surface area contributed by atoms with Crippen molar-refractivity contribution in [2.75, 3.05) is 39.3 Å². The molecule has 29 heavy (non-hydrogen) atoms. The number of fused-ring (bicyclic) bond motifs is 1. The summed E-state index contributed by atoms with van der Waals surface area (Å²) in [5.41, 5.74) is 4.18. The first-order valence-electron chi connectivity index (χ1n) is 10.6. The van der Waals surface area contributed by atoms with Gasteiger partial charge in [-0.15, -0.1) is 0 Å². The molecule has 0 bridgehead atoms. The zero-order chi connectivity index (χ0) is 20.4. The molecule has 1 fully saturated rings. The van der Waals surface area contributed by atoms with Crippen LogP contribution in [0.3, 0.4) is 0 Å². The third-order valence-electron chi connectivity index (χ3n) is 6.32. The summed E-state index contributed by atoms with van der Waals surface area (Å²) in [7, 11) is 0. The zero-order valence-corrected chi connectivity index (χ0v) is 17.7. The maximum atomic E-state index is 10.7. The van der Waals surface area contributed by atoms with E-state index < -0.39 is 6.10 Å². The van der Waals surface area contributed by atoms with Gasteiger partial charge in [-0.1, -0.05) is 30.3 Å². The summed E-state index contributed by atoms with van der Waals surface area (Å²) in [6, 6.07) is 14.6. The van der Waals surface area contributed by atoms with Crippen LogP contribution < -0.4 is 9.47 Å². The van der Waals surface area contributed by atoms with E-state index in [4.69, 9.17) is 9.47 Å². The first-order chi connectivity index (χ1) is 14.0. The van der Waals surface area contributed by atoms with E-state index >= 15 is 0 Å². The summed E-state index contributed by atoms with van der Waals surface area (Å²) in [5.74, 6) is 1.47. The topological polar surface area (TPSA) is 45.2 Å². The predicted octanol–water partition coefficient (Wildman–Crippen LogP) is 3.18. The third kappa shape index (κ3) is 4.42. The second-order valence-electron chi connectivity index (χ2n) is 8.30. The van der Waals surface area contributed by atoms with Crippen molar-refractivity contribution in [3.8, 4) is 11.5 Å². The molecule has 4 rings (SSSR count). The lowest BCUT2D eigenvalue weighted by Gasteiger charge is -2.40. The summed E-state index contributed by atoms with van der Waals surface area (Å²) in [6.45, 7) is 11.6. The molecule has 3 atom stereocenters. The minimum absolute atomic E-state index is 0.323. The van der Waals surface area contributed by atoms with Gasteiger partial charge in [0, 0.05) is 38.8 Å². The molecule has 2 aliphatic rings. The highest BCUT2D eigenvalue weighted by Gasteiger charge is 2.31. The van der Waals surface area contributed by atoms with Crippen LogP contribution in [0.25, 0.3) is 0 Å². The minimum atomic E-state index is -0.564. The molecule has 2 heterocycles. The van der Waals surface area contributed by atoms with Crippen molar-refractivity contribution in [1.82, 2.24) is 9.80 Å². The van der Waals surface area contributed by atoms with Gasteiger partial charge >= 0.3 is 0 Å². The molecule has 0 saturated carbocycles. The van der Waals surface area contributed by atoms with E-state index in [1.165, 1.54) is 16.7 Å². The van der Waals surface area contributed by atoms with Crippen molar-refractivity contribution < 1.29 is 14.6 Å². The van der Waals surface area contributed by atoms with Crippen molar-refractivity contribution in [2.45, 2.75) is 39.0 Å². The Hall–Kier alpha value is -2.08. The molecular formula is C24H32N2O3. The number of piperazine rings is 1. The van der Waals surface area contributed by atoms with Crippen molar-refractivity contribution in [2.24, 2.45) is 0 Å². The quantitative estimate of drug-likeness (QED) is 0.841. The number of hydrogen-bond acceptors (Lipinski definition) is 5. The van der Waals surface area contributed by atoms with Crippen LogP contribution in [0.15, 0.2) is 42.5 Å². The Morgan fingerprint density at radius 1 is 0.966 bits per heavy atom. The van der Waals surface area contributed by atoms with Gasteiger partial charge < -0.3 is 14.6 Å². The maximum absolute atomic E-state index is 10.7. The smallest absolute Gasteiger partial charge is 0.161 e. The van der Waals surface area contributed by atoms with Crippen molar-refractivity contribution in [3.05, 3.63) is 59.2 Å². The van der Waals surface area contributed by atoms with E-state index in [0.717, 1.165) is 37.7 Å². The molecule has 2 aromatic carbocycles. The molecule has 3 unspecified atom stereocenters. The van der Waals surface area contributed by atoms with E-state index in [-0.39, 0.29) is 6.10 Å². The monoisotopic (exact) mass is 396 g/mol. The zero-order valence-electron chi connectivity index (χ0n) is 17.7. The number of aliphatic hydroxyl groups is 1. The van der Waals surface area contributed by atoms with Gasteiger partial charge in [0.15, 0.2) is 17.6 Å². The molecule has 1 N–H and O–H groups in total. The Balaban J connectivity index is 1.30. The molecule has 5 heteroatoms. The second kappa shape index (κ2) is 8.74. The first kappa shape index (κ1) is 20.2. The SMILES string of the molecule is Cc1cccc(C)c1C(C)N1CCN(CC(O)C2COc3ccccc3O2)CC1. The Morgan fingerprint density at radius 2 is 1.62 bits per heavy atom. The fourth-order valence-electron chi connectivity index (χ4n) is 4.61. The summed E-state index contributed by atoms with van der Waals surface area (Å²) in [4.78, 5) is 4.89. The van der Waals surface area contributed by atoms with Gasteiger partial charge in [0.25, 0.3) is 0 Å². The summed E-state index contributed by atoms with van der Waals surface area (Å²) in [5, 5.41) is 10.7. The number of benzene rings is 2. The van der Waals surface area contributed by atoms with Gasteiger partial charge in [-0.05, 0) is 49.6 Å². The first-order valence-corrected chi connectivity index (χ1v) is 10.6. The summed E-state index contributed by atoms with van der Waals surface area (Å²) in [6.07, 6.45) is -0.887. The lowest BCUT2D eigenvalue weighted by molar-refractivity contribution is -0.0326. The number of hydrogen-bond donors (Lipinski definition) is 1. The third-order valence-corrected chi connectivity index (χ3v) is 6.32. The van der Waals surface area contributed by atoms with Crippen LogP contribution in [0.4, 0.5) is 0 Å². The largest absolute Gasteiger partial charge is 0.486 e. The van der Waals surface area contributed by atoms with Gasteiger partial charge in [-0.3, -0.25) is 9.80 Å². The van der Waals surface area contributed by atoms with Crippen LogP contribution in [0, 0.1) is 13.8 Å². The van der Waals surface area contributed by atoms with Gasteiger partial charge in [0.2, 0.25) is 0 Å². The van der Waals surface area contributed by atoms with E-state index in [0.29, 0.717) is 19.2 Å². The predicted molar refractivity (Wildman–Crippen MR) is 115 cm³/mol. The van der Waals surface area contributed by atoms with Crippen molar-refractivity contribution in [3.63, 3.8) is 0 Å². The molecule has 0 radical (unpaired) electrons. The lowest BCUT2D eigenvalue weighted by atomic mass is 9.95.